The van der Waals surface area contributed by atoms with Gasteiger partial charge in [-0.05, 0) is 24.3 Å². The molecule has 0 amide bonds. The van der Waals surface area contributed by atoms with Crippen LogP contribution in [-0.4, -0.2) is 19.1 Å². The number of aryl methyl sites for hydroxylation is 1. The number of alkyl halides is 3. The van der Waals surface area contributed by atoms with Gasteiger partial charge in [0, 0.05) is 18.0 Å². The number of pyridine rings is 2. The molecule has 0 aliphatic rings. The number of aromatic nitrogens is 4. The normalized spacial score (nSPS) is 12.0. The fourth-order valence-electron chi connectivity index (χ4n) is 3.09. The van der Waals surface area contributed by atoms with Crippen molar-refractivity contribution in [3.63, 3.8) is 0 Å². The van der Waals surface area contributed by atoms with Crippen molar-refractivity contribution in [2.24, 2.45) is 7.05 Å². The van der Waals surface area contributed by atoms with Gasteiger partial charge in [-0.2, -0.15) is 13.2 Å². The van der Waals surface area contributed by atoms with Crippen LogP contribution in [-0.2, 0) is 19.8 Å². The SMILES string of the molecule is Cn1c(=O)n(Cc2cc3ccccc3nc2Cl)c(=O)c2ccc(C(F)(F)F)nc21. The highest BCUT2D eigenvalue weighted by Gasteiger charge is 2.33. The maximum atomic E-state index is 12.9. The molecule has 0 bridgehead atoms. The Hall–Kier alpha value is -3.20. The average molecular weight is 421 g/mol. The van der Waals surface area contributed by atoms with Gasteiger partial charge in [-0.25, -0.2) is 14.8 Å². The molecule has 0 saturated heterocycles. The van der Waals surface area contributed by atoms with Crippen LogP contribution in [0.4, 0.5) is 13.2 Å². The van der Waals surface area contributed by atoms with Crippen LogP contribution in [0.25, 0.3) is 21.9 Å². The van der Waals surface area contributed by atoms with E-state index < -0.39 is 23.1 Å². The van der Waals surface area contributed by atoms with E-state index in [0.29, 0.717) is 17.1 Å². The molecule has 0 N–H and O–H groups in total. The zero-order chi connectivity index (χ0) is 20.9. The number of benzene rings is 1. The molecule has 0 aliphatic carbocycles. The van der Waals surface area contributed by atoms with Crippen molar-refractivity contribution in [2.45, 2.75) is 12.7 Å². The third kappa shape index (κ3) is 3.27. The molecule has 10 heteroatoms. The smallest absolute Gasteiger partial charge is 0.280 e. The Labute approximate surface area is 165 Å². The number of rotatable bonds is 2. The molecule has 148 valence electrons. The van der Waals surface area contributed by atoms with Crippen molar-refractivity contribution in [3.05, 3.63) is 79.7 Å². The highest BCUT2D eigenvalue weighted by molar-refractivity contribution is 6.30. The van der Waals surface area contributed by atoms with Gasteiger partial charge in [0.25, 0.3) is 5.56 Å². The number of halogens is 4. The second-order valence-corrected chi connectivity index (χ2v) is 6.79. The molecule has 0 unspecified atom stereocenters. The molecule has 3 heterocycles. The minimum atomic E-state index is -4.69. The van der Waals surface area contributed by atoms with Gasteiger partial charge < -0.3 is 0 Å². The molecule has 0 atom stereocenters. The van der Waals surface area contributed by atoms with E-state index in [4.69, 9.17) is 11.6 Å². The average Bonchev–Trinajstić information content (AvgIpc) is 2.68. The summed E-state index contributed by atoms with van der Waals surface area (Å²) in [6, 6.07) is 10.6. The van der Waals surface area contributed by atoms with E-state index in [9.17, 15) is 22.8 Å². The zero-order valence-electron chi connectivity index (χ0n) is 14.9. The Bertz CT molecular complexity index is 1390. The van der Waals surface area contributed by atoms with Gasteiger partial charge in [0.05, 0.1) is 17.4 Å². The number of fused-ring (bicyclic) bond motifs is 2. The van der Waals surface area contributed by atoms with E-state index >= 15 is 0 Å². The predicted octanol–water partition coefficient (Wildman–Crippen LogP) is 3.36. The van der Waals surface area contributed by atoms with E-state index in [1.807, 2.05) is 12.1 Å². The van der Waals surface area contributed by atoms with Gasteiger partial charge in [0.1, 0.15) is 16.5 Å². The third-order valence-electron chi connectivity index (χ3n) is 4.56. The van der Waals surface area contributed by atoms with E-state index in [1.54, 1.807) is 18.2 Å². The lowest BCUT2D eigenvalue weighted by molar-refractivity contribution is -0.141. The van der Waals surface area contributed by atoms with Crippen LogP contribution < -0.4 is 11.2 Å². The lowest BCUT2D eigenvalue weighted by Gasteiger charge is -2.13. The Morgan fingerprint density at radius 1 is 1.07 bits per heavy atom. The first-order valence-corrected chi connectivity index (χ1v) is 8.76. The Morgan fingerprint density at radius 3 is 2.52 bits per heavy atom. The molecule has 1 aromatic carbocycles. The van der Waals surface area contributed by atoms with Crippen molar-refractivity contribution in [2.75, 3.05) is 0 Å². The van der Waals surface area contributed by atoms with Crippen LogP contribution in [0.3, 0.4) is 0 Å². The first kappa shape index (κ1) is 19.1. The van der Waals surface area contributed by atoms with Crippen molar-refractivity contribution in [3.8, 4) is 0 Å². The van der Waals surface area contributed by atoms with Crippen LogP contribution in [0, 0.1) is 0 Å². The number of nitrogens with zero attached hydrogens (tertiary/aromatic N) is 4. The molecule has 4 aromatic rings. The molecule has 0 spiro atoms. The minimum Gasteiger partial charge on any atom is -0.280 e. The van der Waals surface area contributed by atoms with Gasteiger partial charge in [-0.1, -0.05) is 29.8 Å². The molecule has 0 aliphatic heterocycles. The predicted molar refractivity (Wildman–Crippen MR) is 102 cm³/mol. The van der Waals surface area contributed by atoms with Crippen molar-refractivity contribution >= 4 is 33.5 Å². The Kier molecular flexibility index (Phi) is 4.42. The first-order chi connectivity index (χ1) is 13.7. The quantitative estimate of drug-likeness (QED) is 0.466. The molecule has 4 rings (SSSR count). The third-order valence-corrected chi connectivity index (χ3v) is 4.88. The van der Waals surface area contributed by atoms with Gasteiger partial charge in [0.15, 0.2) is 0 Å². The maximum absolute atomic E-state index is 12.9. The van der Waals surface area contributed by atoms with Crippen LogP contribution in [0.2, 0.25) is 5.15 Å². The van der Waals surface area contributed by atoms with Gasteiger partial charge >= 0.3 is 11.9 Å². The number of hydrogen-bond donors (Lipinski definition) is 0. The lowest BCUT2D eigenvalue weighted by atomic mass is 10.1. The molecule has 0 radical (unpaired) electrons. The Balaban J connectivity index is 1.90. The molecule has 0 saturated carbocycles. The highest BCUT2D eigenvalue weighted by Crippen LogP contribution is 2.28. The summed E-state index contributed by atoms with van der Waals surface area (Å²) in [7, 11) is 1.26. The molecule has 0 fully saturated rings. The van der Waals surface area contributed by atoms with E-state index in [0.717, 1.165) is 20.6 Å². The summed E-state index contributed by atoms with van der Waals surface area (Å²) in [6.07, 6.45) is -4.69. The van der Waals surface area contributed by atoms with Gasteiger partial charge in [-0.3, -0.25) is 13.9 Å². The standard InChI is InChI=1S/C19H12ClF3N4O2/c1-26-16-12(6-7-14(25-16)19(21,22)23)17(28)27(18(26)29)9-11-8-10-4-2-3-5-13(10)24-15(11)20/h2-8H,9H2,1H3. The number of para-hydroxylation sites is 1. The van der Waals surface area contributed by atoms with Gasteiger partial charge in [0.2, 0.25) is 0 Å². The molecule has 29 heavy (non-hydrogen) atoms. The van der Waals surface area contributed by atoms with Gasteiger partial charge in [-0.15, -0.1) is 0 Å². The largest absolute Gasteiger partial charge is 0.433 e. The summed E-state index contributed by atoms with van der Waals surface area (Å²) in [4.78, 5) is 33.2. The van der Waals surface area contributed by atoms with Crippen LogP contribution in [0.1, 0.15) is 11.3 Å². The summed E-state index contributed by atoms with van der Waals surface area (Å²) in [5.74, 6) is 0. The lowest BCUT2D eigenvalue weighted by Crippen LogP contribution is -2.40. The maximum Gasteiger partial charge on any atom is 0.433 e. The zero-order valence-corrected chi connectivity index (χ0v) is 15.6. The number of hydrogen-bond acceptors (Lipinski definition) is 4. The van der Waals surface area contributed by atoms with E-state index in [2.05, 4.69) is 9.97 Å². The topological polar surface area (TPSA) is 69.8 Å². The highest BCUT2D eigenvalue weighted by atomic mass is 35.5. The first-order valence-electron chi connectivity index (χ1n) is 8.39. The van der Waals surface area contributed by atoms with Crippen molar-refractivity contribution < 1.29 is 13.2 Å². The Morgan fingerprint density at radius 2 is 1.79 bits per heavy atom. The summed E-state index contributed by atoms with van der Waals surface area (Å²) in [5.41, 5.74) is -1.99. The molecule has 3 aromatic heterocycles. The summed E-state index contributed by atoms with van der Waals surface area (Å²) in [6.45, 7) is -0.181. The summed E-state index contributed by atoms with van der Waals surface area (Å²) in [5, 5.41) is 0.794. The van der Waals surface area contributed by atoms with E-state index in [1.165, 1.54) is 7.05 Å². The van der Waals surface area contributed by atoms with E-state index in [-0.39, 0.29) is 22.7 Å². The summed E-state index contributed by atoms with van der Waals surface area (Å²) < 4.78 is 40.6. The minimum absolute atomic E-state index is 0.107. The fraction of sp³-hybridized carbons (Fsp3) is 0.158. The second kappa shape index (κ2) is 6.70. The van der Waals surface area contributed by atoms with Crippen molar-refractivity contribution in [1.82, 2.24) is 19.1 Å². The monoisotopic (exact) mass is 420 g/mol. The van der Waals surface area contributed by atoms with Crippen molar-refractivity contribution in [1.29, 1.82) is 0 Å². The second-order valence-electron chi connectivity index (χ2n) is 6.43. The molecular formula is C19H12ClF3N4O2. The molecule has 6 nitrogen and oxygen atoms in total. The van der Waals surface area contributed by atoms with Crippen LogP contribution in [0.15, 0.2) is 52.1 Å². The molecular weight excluding hydrogens is 409 g/mol. The van der Waals surface area contributed by atoms with Crippen LogP contribution >= 0.6 is 11.6 Å². The fourth-order valence-corrected chi connectivity index (χ4v) is 3.30. The van der Waals surface area contributed by atoms with Crippen LogP contribution in [0.5, 0.6) is 0 Å². The summed E-state index contributed by atoms with van der Waals surface area (Å²) >= 11 is 6.21.